The maximum absolute atomic E-state index is 14.6. The van der Waals surface area contributed by atoms with E-state index in [0.29, 0.717) is 24.0 Å². The Morgan fingerprint density at radius 2 is 1.58 bits per heavy atom. The molecule has 36 heavy (non-hydrogen) atoms. The lowest BCUT2D eigenvalue weighted by Crippen LogP contribution is -2.08. The summed E-state index contributed by atoms with van der Waals surface area (Å²) in [5.74, 6) is 0.206. The van der Waals surface area contributed by atoms with Crippen LogP contribution in [0.5, 0.6) is 5.75 Å². The van der Waals surface area contributed by atoms with Crippen LogP contribution in [-0.2, 0) is 4.74 Å². The van der Waals surface area contributed by atoms with Crippen LogP contribution in [0.1, 0.15) is 57.9 Å². The highest BCUT2D eigenvalue weighted by atomic mass is 19.1. The molecule has 1 atom stereocenters. The Hall–Kier alpha value is -3.17. The van der Waals surface area contributed by atoms with Gasteiger partial charge < -0.3 is 9.47 Å². The fourth-order valence-electron chi connectivity index (χ4n) is 4.07. The summed E-state index contributed by atoms with van der Waals surface area (Å²) in [7, 11) is 0. The third-order valence-corrected chi connectivity index (χ3v) is 6.19. The van der Waals surface area contributed by atoms with Gasteiger partial charge in [-0.15, -0.1) is 0 Å². The van der Waals surface area contributed by atoms with Crippen molar-refractivity contribution in [1.29, 1.82) is 0 Å². The van der Waals surface area contributed by atoms with E-state index in [1.165, 1.54) is 30.9 Å². The van der Waals surface area contributed by atoms with E-state index in [-0.39, 0.29) is 5.82 Å². The smallest absolute Gasteiger partial charge is 0.134 e. The molecule has 0 aliphatic carbocycles. The average molecular weight is 487 g/mol. The molecule has 0 saturated carbocycles. The first kappa shape index (κ1) is 27.4. The summed E-state index contributed by atoms with van der Waals surface area (Å²) in [4.78, 5) is 0. The average Bonchev–Trinajstić information content (AvgIpc) is 2.90. The first-order chi connectivity index (χ1) is 17.6. The van der Waals surface area contributed by atoms with Gasteiger partial charge in [0.15, 0.2) is 0 Å². The number of unbranched alkanes of at least 4 members (excludes halogenated alkanes) is 3. The highest BCUT2D eigenvalue weighted by Crippen LogP contribution is 2.29. The third-order valence-electron chi connectivity index (χ3n) is 6.19. The zero-order chi connectivity index (χ0) is 25.6. The van der Waals surface area contributed by atoms with Gasteiger partial charge in [0, 0.05) is 18.2 Å². The molecule has 0 aliphatic rings. The predicted molar refractivity (Wildman–Crippen MR) is 151 cm³/mol. The van der Waals surface area contributed by atoms with Crippen LogP contribution in [0.25, 0.3) is 28.3 Å². The molecule has 3 rings (SSSR count). The van der Waals surface area contributed by atoms with Gasteiger partial charge >= 0.3 is 0 Å². The molecule has 0 fully saturated rings. The van der Waals surface area contributed by atoms with Crippen LogP contribution >= 0.6 is 0 Å². The zero-order valence-electron chi connectivity index (χ0n) is 21.7. The molecule has 3 heteroatoms. The van der Waals surface area contributed by atoms with Gasteiger partial charge in [-0.2, -0.15) is 0 Å². The van der Waals surface area contributed by atoms with Crippen LogP contribution < -0.4 is 4.74 Å². The van der Waals surface area contributed by atoms with Crippen molar-refractivity contribution in [3.8, 4) is 28.0 Å². The molecular formula is C33H39FO2. The maximum Gasteiger partial charge on any atom is 0.134 e. The number of benzene rings is 3. The van der Waals surface area contributed by atoms with Crippen molar-refractivity contribution >= 4 is 6.08 Å². The number of rotatable bonds is 15. The van der Waals surface area contributed by atoms with E-state index in [1.54, 1.807) is 18.2 Å². The van der Waals surface area contributed by atoms with Crippen LogP contribution in [0.15, 0.2) is 85.5 Å². The van der Waals surface area contributed by atoms with Crippen molar-refractivity contribution in [3.05, 3.63) is 96.8 Å². The second-order valence-electron chi connectivity index (χ2n) is 9.16. The van der Waals surface area contributed by atoms with E-state index in [9.17, 15) is 4.39 Å². The van der Waals surface area contributed by atoms with Gasteiger partial charge in [0.1, 0.15) is 18.2 Å². The molecule has 0 aliphatic heterocycles. The maximum atomic E-state index is 14.6. The monoisotopic (exact) mass is 486 g/mol. The molecule has 0 saturated heterocycles. The Labute approximate surface area is 216 Å². The van der Waals surface area contributed by atoms with Crippen LogP contribution in [0.3, 0.4) is 0 Å². The Morgan fingerprint density at radius 3 is 2.25 bits per heavy atom. The van der Waals surface area contributed by atoms with E-state index in [0.717, 1.165) is 42.6 Å². The highest BCUT2D eigenvalue weighted by Gasteiger charge is 2.08. The van der Waals surface area contributed by atoms with Crippen molar-refractivity contribution in [2.24, 2.45) is 0 Å². The highest BCUT2D eigenvalue weighted by molar-refractivity contribution is 5.71. The van der Waals surface area contributed by atoms with E-state index >= 15 is 0 Å². The Kier molecular flexibility index (Phi) is 11.5. The summed E-state index contributed by atoms with van der Waals surface area (Å²) >= 11 is 0. The molecule has 3 aromatic rings. The van der Waals surface area contributed by atoms with E-state index in [1.807, 2.05) is 24.3 Å². The minimum Gasteiger partial charge on any atom is -0.489 e. The van der Waals surface area contributed by atoms with Crippen molar-refractivity contribution in [1.82, 2.24) is 0 Å². The normalized spacial score (nSPS) is 12.1. The number of hydrogen-bond acceptors (Lipinski definition) is 2. The SMILES string of the molecule is C=CCOc1ccc(-c2ccc(-c3ccc(C=CCCCC(C)OCCCCC)cc3)cc2)c(F)c1. The molecule has 0 bridgehead atoms. The van der Waals surface area contributed by atoms with Crippen molar-refractivity contribution in [2.45, 2.75) is 58.5 Å². The molecule has 0 aromatic heterocycles. The fourth-order valence-corrected chi connectivity index (χ4v) is 4.07. The summed E-state index contributed by atoms with van der Waals surface area (Å²) in [6.45, 7) is 9.24. The summed E-state index contributed by atoms with van der Waals surface area (Å²) in [5.41, 5.74) is 4.84. The van der Waals surface area contributed by atoms with Gasteiger partial charge in [0.25, 0.3) is 0 Å². The van der Waals surface area contributed by atoms with Crippen LogP contribution in [0.4, 0.5) is 4.39 Å². The molecule has 190 valence electrons. The summed E-state index contributed by atoms with van der Waals surface area (Å²) in [5, 5.41) is 0. The zero-order valence-corrected chi connectivity index (χ0v) is 21.7. The van der Waals surface area contributed by atoms with Crippen LogP contribution in [0, 0.1) is 5.82 Å². The van der Waals surface area contributed by atoms with Gasteiger partial charge in [-0.3, -0.25) is 0 Å². The summed E-state index contributed by atoms with van der Waals surface area (Å²) in [6, 6.07) is 21.5. The number of halogens is 1. The molecule has 3 aromatic carbocycles. The first-order valence-electron chi connectivity index (χ1n) is 13.1. The number of allylic oxidation sites excluding steroid dienone is 1. The standard InChI is InChI=1S/C33H39FO2/c1-4-6-10-24-35-26(3)11-8-7-9-12-27-13-15-28(16-14-27)29-17-19-30(20-18-29)32-22-21-31(25-33(32)34)36-23-5-2/h5,9,12-22,25-26H,2,4,6-8,10-11,23-24H2,1,3H3. The van der Waals surface area contributed by atoms with Gasteiger partial charge in [-0.1, -0.05) is 93.1 Å². The van der Waals surface area contributed by atoms with E-state index in [4.69, 9.17) is 9.47 Å². The molecule has 0 spiro atoms. The van der Waals surface area contributed by atoms with Crippen molar-refractivity contribution in [2.75, 3.05) is 13.2 Å². The lowest BCUT2D eigenvalue weighted by molar-refractivity contribution is 0.0566. The second-order valence-corrected chi connectivity index (χ2v) is 9.16. The topological polar surface area (TPSA) is 18.5 Å². The third kappa shape index (κ3) is 8.80. The van der Waals surface area contributed by atoms with E-state index in [2.05, 4.69) is 56.8 Å². The largest absolute Gasteiger partial charge is 0.489 e. The van der Waals surface area contributed by atoms with Gasteiger partial charge in [-0.25, -0.2) is 4.39 Å². The van der Waals surface area contributed by atoms with Crippen molar-refractivity contribution < 1.29 is 13.9 Å². The number of ether oxygens (including phenoxy) is 2. The molecule has 0 heterocycles. The summed E-state index contributed by atoms with van der Waals surface area (Å²) < 4.78 is 25.9. The predicted octanol–water partition coefficient (Wildman–Crippen LogP) is 9.50. The molecule has 1 unspecified atom stereocenters. The van der Waals surface area contributed by atoms with Crippen LogP contribution in [0.2, 0.25) is 0 Å². The second kappa shape index (κ2) is 15.1. The molecule has 0 N–H and O–H groups in total. The Morgan fingerprint density at radius 1 is 0.889 bits per heavy atom. The number of hydrogen-bond donors (Lipinski definition) is 0. The van der Waals surface area contributed by atoms with Crippen LogP contribution in [-0.4, -0.2) is 19.3 Å². The van der Waals surface area contributed by atoms with Gasteiger partial charge in [0.2, 0.25) is 0 Å². The van der Waals surface area contributed by atoms with Gasteiger partial charge in [0.05, 0.1) is 6.10 Å². The Balaban J connectivity index is 1.49. The quantitative estimate of drug-likeness (QED) is 0.157. The lowest BCUT2D eigenvalue weighted by Gasteiger charge is -2.12. The lowest BCUT2D eigenvalue weighted by atomic mass is 9.99. The summed E-state index contributed by atoms with van der Waals surface area (Å²) in [6.07, 6.45) is 13.4. The minimum atomic E-state index is -0.297. The Bertz CT molecular complexity index is 1080. The molecule has 0 amide bonds. The molecular weight excluding hydrogens is 447 g/mol. The molecule has 0 radical (unpaired) electrons. The minimum absolute atomic E-state index is 0.297. The molecule has 2 nitrogen and oxygen atoms in total. The van der Waals surface area contributed by atoms with Crippen molar-refractivity contribution in [3.63, 3.8) is 0 Å². The fraction of sp³-hybridized carbons (Fsp3) is 0.333. The van der Waals surface area contributed by atoms with Gasteiger partial charge in [-0.05, 0) is 67.0 Å². The first-order valence-corrected chi connectivity index (χ1v) is 13.1. The van der Waals surface area contributed by atoms with E-state index < -0.39 is 0 Å².